The molecule has 0 spiro atoms. The molecule has 28 heavy (non-hydrogen) atoms. The Kier molecular flexibility index (Phi) is 5.60. The number of hydrogen-bond acceptors (Lipinski definition) is 4. The monoisotopic (exact) mass is 378 g/mol. The highest BCUT2D eigenvalue weighted by molar-refractivity contribution is 5.74. The molecular formula is C23H26N2O3. The van der Waals surface area contributed by atoms with Gasteiger partial charge in [-0.3, -0.25) is 4.90 Å². The Morgan fingerprint density at radius 2 is 2.04 bits per heavy atom. The van der Waals surface area contributed by atoms with Crippen molar-refractivity contribution in [2.24, 2.45) is 0 Å². The third-order valence-corrected chi connectivity index (χ3v) is 5.45. The van der Waals surface area contributed by atoms with Crippen molar-refractivity contribution in [3.8, 4) is 5.88 Å². The molecule has 1 amide bonds. The Labute approximate surface area is 166 Å². The molecule has 0 aliphatic carbocycles. The van der Waals surface area contributed by atoms with Gasteiger partial charge >= 0.3 is 6.09 Å². The second-order valence-corrected chi connectivity index (χ2v) is 7.31. The lowest BCUT2D eigenvalue weighted by molar-refractivity contribution is 0.0510. The summed E-state index contributed by atoms with van der Waals surface area (Å²) in [6, 6.07) is 14.1. The van der Waals surface area contributed by atoms with Gasteiger partial charge in [0.25, 0.3) is 0 Å². The molecule has 0 radical (unpaired) electrons. The van der Waals surface area contributed by atoms with Gasteiger partial charge in [-0.1, -0.05) is 36.4 Å². The van der Waals surface area contributed by atoms with E-state index < -0.39 is 0 Å². The molecule has 1 aromatic heterocycles. The van der Waals surface area contributed by atoms with Crippen LogP contribution in [0.4, 0.5) is 4.79 Å². The van der Waals surface area contributed by atoms with Crippen LogP contribution in [0.5, 0.6) is 5.88 Å². The van der Waals surface area contributed by atoms with Crippen LogP contribution >= 0.6 is 0 Å². The summed E-state index contributed by atoms with van der Waals surface area (Å²) >= 11 is 0. The van der Waals surface area contributed by atoms with E-state index in [4.69, 9.17) is 9.47 Å². The van der Waals surface area contributed by atoms with Gasteiger partial charge in [-0.2, -0.15) is 0 Å². The number of carbonyl (C=O) groups excluding carboxylic acids is 1. The number of pyridine rings is 1. The number of piperidine rings is 1. The molecule has 2 aliphatic heterocycles. The van der Waals surface area contributed by atoms with Crippen molar-refractivity contribution in [2.75, 3.05) is 6.61 Å². The molecule has 1 fully saturated rings. The summed E-state index contributed by atoms with van der Waals surface area (Å²) in [6.45, 7) is 2.88. The minimum absolute atomic E-state index is 0.0948. The maximum atomic E-state index is 12.8. The number of benzene rings is 1. The van der Waals surface area contributed by atoms with Gasteiger partial charge in [0.15, 0.2) is 0 Å². The Hall–Kier alpha value is -2.82. The fraction of sp³-hybridized carbons (Fsp3) is 0.391. The minimum atomic E-state index is -0.210. The Bertz CT molecular complexity index is 833. The van der Waals surface area contributed by atoms with Crippen LogP contribution in [0.15, 0.2) is 54.7 Å². The molecule has 5 heteroatoms. The highest BCUT2D eigenvalue weighted by Gasteiger charge is 2.38. The molecule has 3 heterocycles. The first-order valence-corrected chi connectivity index (χ1v) is 10.0. The second kappa shape index (κ2) is 8.46. The third-order valence-electron chi connectivity index (χ3n) is 5.45. The fourth-order valence-corrected chi connectivity index (χ4v) is 4.13. The van der Waals surface area contributed by atoms with E-state index in [0.29, 0.717) is 19.1 Å². The van der Waals surface area contributed by atoms with E-state index in [-0.39, 0.29) is 18.2 Å². The molecule has 0 N–H and O–H groups in total. The Morgan fingerprint density at radius 3 is 2.75 bits per heavy atom. The first kappa shape index (κ1) is 18.5. The van der Waals surface area contributed by atoms with Crippen LogP contribution in [0, 0.1) is 0 Å². The third kappa shape index (κ3) is 4.03. The number of rotatable bonds is 5. The maximum Gasteiger partial charge on any atom is 0.410 e. The van der Waals surface area contributed by atoms with Crippen LogP contribution in [0.1, 0.15) is 43.7 Å². The first-order valence-electron chi connectivity index (χ1n) is 10.0. The topological polar surface area (TPSA) is 51.7 Å². The van der Waals surface area contributed by atoms with E-state index in [1.807, 2.05) is 54.4 Å². The molecule has 4 rings (SSSR count). The zero-order valence-electron chi connectivity index (χ0n) is 16.2. The maximum absolute atomic E-state index is 12.8. The molecular weight excluding hydrogens is 352 g/mol. The lowest BCUT2D eigenvalue weighted by atomic mass is 9.83. The van der Waals surface area contributed by atoms with E-state index in [1.54, 1.807) is 0 Å². The SMILES string of the molecule is CCOc1ccc(C2=CC3CCCC(C2)N3C(=O)OCc2ccccc2)cn1. The van der Waals surface area contributed by atoms with Gasteiger partial charge in [0.2, 0.25) is 5.88 Å². The quantitative estimate of drug-likeness (QED) is 0.748. The van der Waals surface area contributed by atoms with Crippen LogP contribution in [0.2, 0.25) is 0 Å². The largest absolute Gasteiger partial charge is 0.478 e. The molecule has 2 bridgehead atoms. The molecule has 1 aromatic carbocycles. The van der Waals surface area contributed by atoms with Crippen molar-refractivity contribution in [2.45, 2.75) is 51.3 Å². The van der Waals surface area contributed by atoms with Crippen LogP contribution in [0.3, 0.4) is 0 Å². The molecule has 2 atom stereocenters. The zero-order valence-corrected chi connectivity index (χ0v) is 16.2. The van der Waals surface area contributed by atoms with E-state index in [0.717, 1.165) is 36.8 Å². The average Bonchev–Trinajstić information content (AvgIpc) is 2.72. The van der Waals surface area contributed by atoms with E-state index >= 15 is 0 Å². The highest BCUT2D eigenvalue weighted by atomic mass is 16.6. The van der Waals surface area contributed by atoms with Crippen molar-refractivity contribution < 1.29 is 14.3 Å². The van der Waals surface area contributed by atoms with Gasteiger partial charge in [0, 0.05) is 18.3 Å². The Balaban J connectivity index is 1.47. The summed E-state index contributed by atoms with van der Waals surface area (Å²) in [6.07, 6.45) is 7.85. The standard InChI is InChI=1S/C23H26N2O3/c1-2-27-22-12-11-18(15-24-22)19-13-20-9-6-10-21(14-19)25(20)23(26)28-16-17-7-4-3-5-8-17/h3-5,7-8,11-13,15,20-21H,2,6,9-10,14,16H2,1H3. The van der Waals surface area contributed by atoms with Crippen molar-refractivity contribution in [1.82, 2.24) is 9.88 Å². The van der Waals surface area contributed by atoms with Crippen LogP contribution in [-0.2, 0) is 11.3 Å². The molecule has 1 saturated heterocycles. The summed E-state index contributed by atoms with van der Waals surface area (Å²) in [4.78, 5) is 19.1. The predicted molar refractivity (Wildman–Crippen MR) is 108 cm³/mol. The van der Waals surface area contributed by atoms with Gasteiger partial charge in [-0.25, -0.2) is 9.78 Å². The predicted octanol–water partition coefficient (Wildman–Crippen LogP) is 4.83. The lowest BCUT2D eigenvalue weighted by Gasteiger charge is -2.44. The molecule has 2 unspecified atom stereocenters. The molecule has 2 aromatic rings. The summed E-state index contributed by atoms with van der Waals surface area (Å²) in [5.41, 5.74) is 3.38. The smallest absolute Gasteiger partial charge is 0.410 e. The number of amides is 1. The summed E-state index contributed by atoms with van der Waals surface area (Å²) < 4.78 is 11.1. The molecule has 0 saturated carbocycles. The molecule has 146 valence electrons. The number of hydrogen-bond donors (Lipinski definition) is 0. The first-order chi connectivity index (χ1) is 13.7. The van der Waals surface area contributed by atoms with Crippen molar-refractivity contribution in [3.63, 3.8) is 0 Å². The highest BCUT2D eigenvalue weighted by Crippen LogP contribution is 2.37. The van der Waals surface area contributed by atoms with Gasteiger partial charge in [-0.15, -0.1) is 0 Å². The van der Waals surface area contributed by atoms with Crippen molar-refractivity contribution in [3.05, 3.63) is 65.9 Å². The van der Waals surface area contributed by atoms with E-state index in [1.165, 1.54) is 5.57 Å². The summed E-state index contributed by atoms with van der Waals surface area (Å²) in [5.74, 6) is 0.647. The van der Waals surface area contributed by atoms with Crippen molar-refractivity contribution in [1.29, 1.82) is 0 Å². The molecule has 2 aliphatic rings. The van der Waals surface area contributed by atoms with Gasteiger partial charge in [0.05, 0.1) is 12.6 Å². The zero-order chi connectivity index (χ0) is 19.3. The number of carbonyl (C=O) groups is 1. The Morgan fingerprint density at radius 1 is 1.18 bits per heavy atom. The van der Waals surface area contributed by atoms with Crippen LogP contribution < -0.4 is 4.74 Å². The minimum Gasteiger partial charge on any atom is -0.478 e. The van der Waals surface area contributed by atoms with Gasteiger partial charge < -0.3 is 9.47 Å². The number of nitrogens with zero attached hydrogens (tertiary/aromatic N) is 2. The summed E-state index contributed by atoms with van der Waals surface area (Å²) in [7, 11) is 0. The van der Waals surface area contributed by atoms with E-state index in [9.17, 15) is 4.79 Å². The van der Waals surface area contributed by atoms with Crippen LogP contribution in [0.25, 0.3) is 5.57 Å². The number of ether oxygens (including phenoxy) is 2. The normalized spacial score (nSPS) is 21.0. The van der Waals surface area contributed by atoms with Crippen molar-refractivity contribution >= 4 is 11.7 Å². The second-order valence-electron chi connectivity index (χ2n) is 7.31. The number of aromatic nitrogens is 1. The molecule has 5 nitrogen and oxygen atoms in total. The van der Waals surface area contributed by atoms with E-state index in [2.05, 4.69) is 17.1 Å². The number of fused-ring (bicyclic) bond motifs is 2. The van der Waals surface area contributed by atoms with Gasteiger partial charge in [0.1, 0.15) is 6.61 Å². The average molecular weight is 378 g/mol. The van der Waals surface area contributed by atoms with Gasteiger partial charge in [-0.05, 0) is 55.4 Å². The lowest BCUT2D eigenvalue weighted by Crippen LogP contribution is -2.51. The fourth-order valence-electron chi connectivity index (χ4n) is 4.13. The summed E-state index contributed by atoms with van der Waals surface area (Å²) in [5, 5.41) is 0. The van der Waals surface area contributed by atoms with Crippen LogP contribution in [-0.4, -0.2) is 34.7 Å².